The number of ether oxygens (including phenoxy) is 1. The van der Waals surface area contributed by atoms with Crippen molar-refractivity contribution in [1.29, 1.82) is 5.26 Å². The second-order valence-corrected chi connectivity index (χ2v) is 4.96. The fourth-order valence-electron chi connectivity index (χ4n) is 1.92. The number of nitriles is 1. The minimum atomic E-state index is -0.490. The van der Waals surface area contributed by atoms with E-state index in [0.29, 0.717) is 26.1 Å². The van der Waals surface area contributed by atoms with Gasteiger partial charge in [0.15, 0.2) is 0 Å². The van der Waals surface area contributed by atoms with E-state index in [1.54, 1.807) is 6.07 Å². The first kappa shape index (κ1) is 11.6. The lowest BCUT2D eigenvalue weighted by Gasteiger charge is -2.19. The van der Waals surface area contributed by atoms with Crippen LogP contribution in [0.1, 0.15) is 12.0 Å². The number of halogens is 2. The lowest BCUT2D eigenvalue weighted by molar-refractivity contribution is 0.171. The molecule has 0 saturated carbocycles. The fourth-order valence-corrected chi connectivity index (χ4v) is 2.30. The second kappa shape index (κ2) is 4.52. The van der Waals surface area contributed by atoms with Crippen molar-refractivity contribution in [2.24, 2.45) is 5.41 Å². The van der Waals surface area contributed by atoms with Gasteiger partial charge in [0, 0.05) is 11.1 Å². The Kier molecular flexibility index (Phi) is 3.27. The molecule has 1 aromatic carbocycles. The molecule has 0 spiro atoms. The van der Waals surface area contributed by atoms with Gasteiger partial charge < -0.3 is 4.74 Å². The molecule has 1 heterocycles. The summed E-state index contributed by atoms with van der Waals surface area (Å²) in [5, 5.41) is 9.20. The van der Waals surface area contributed by atoms with Crippen molar-refractivity contribution in [3.63, 3.8) is 0 Å². The van der Waals surface area contributed by atoms with Crippen molar-refractivity contribution in [2.45, 2.75) is 12.8 Å². The largest absolute Gasteiger partial charge is 0.380 e. The van der Waals surface area contributed by atoms with E-state index in [-0.39, 0.29) is 5.82 Å². The molecule has 0 N–H and O–H groups in total. The third kappa shape index (κ3) is 2.26. The first-order valence-corrected chi connectivity index (χ1v) is 5.87. The summed E-state index contributed by atoms with van der Waals surface area (Å²) in [6.45, 7) is 1.05. The van der Waals surface area contributed by atoms with Gasteiger partial charge in [-0.05, 0) is 36.6 Å². The number of benzene rings is 1. The van der Waals surface area contributed by atoms with E-state index in [2.05, 4.69) is 22.0 Å². The average Bonchev–Trinajstić information content (AvgIpc) is 2.73. The summed E-state index contributed by atoms with van der Waals surface area (Å²) in [6, 6.07) is 6.85. The number of rotatable bonds is 2. The van der Waals surface area contributed by atoms with E-state index in [9.17, 15) is 9.65 Å². The molecular formula is C12H11BrFNO. The van der Waals surface area contributed by atoms with Crippen molar-refractivity contribution in [3.05, 3.63) is 34.1 Å². The smallest absolute Gasteiger partial charge is 0.123 e. The van der Waals surface area contributed by atoms with E-state index >= 15 is 0 Å². The molecule has 1 aromatic rings. The Morgan fingerprint density at radius 3 is 3.00 bits per heavy atom. The van der Waals surface area contributed by atoms with Crippen LogP contribution in [0, 0.1) is 22.6 Å². The van der Waals surface area contributed by atoms with Crippen molar-refractivity contribution < 1.29 is 9.13 Å². The van der Waals surface area contributed by atoms with Crippen LogP contribution in [0.25, 0.3) is 0 Å². The Balaban J connectivity index is 2.26. The van der Waals surface area contributed by atoms with Crippen molar-refractivity contribution in [2.75, 3.05) is 13.2 Å². The van der Waals surface area contributed by atoms with Crippen LogP contribution in [0.15, 0.2) is 22.7 Å². The predicted molar refractivity (Wildman–Crippen MR) is 61.3 cm³/mol. The SMILES string of the molecule is N#CC1(Cc2cc(F)ccc2Br)CCOC1. The Labute approximate surface area is 102 Å². The molecule has 1 aliphatic rings. The molecule has 16 heavy (non-hydrogen) atoms. The summed E-state index contributed by atoms with van der Waals surface area (Å²) in [5.41, 5.74) is 0.336. The first-order chi connectivity index (χ1) is 7.65. The maximum absolute atomic E-state index is 13.1. The highest BCUT2D eigenvalue weighted by molar-refractivity contribution is 9.10. The van der Waals surface area contributed by atoms with Crippen LogP contribution in [-0.2, 0) is 11.2 Å². The van der Waals surface area contributed by atoms with Crippen LogP contribution in [0.4, 0.5) is 4.39 Å². The zero-order chi connectivity index (χ0) is 11.6. The zero-order valence-electron chi connectivity index (χ0n) is 8.67. The Bertz CT molecular complexity index is 435. The molecular weight excluding hydrogens is 273 g/mol. The molecule has 0 aliphatic carbocycles. The number of hydrogen-bond acceptors (Lipinski definition) is 2. The van der Waals surface area contributed by atoms with Crippen molar-refractivity contribution >= 4 is 15.9 Å². The molecule has 1 aliphatic heterocycles. The monoisotopic (exact) mass is 283 g/mol. The van der Waals surface area contributed by atoms with Crippen LogP contribution >= 0.6 is 15.9 Å². The first-order valence-electron chi connectivity index (χ1n) is 5.08. The summed E-state index contributed by atoms with van der Waals surface area (Å²) < 4.78 is 19.2. The summed E-state index contributed by atoms with van der Waals surface area (Å²) in [4.78, 5) is 0. The molecule has 1 unspecified atom stereocenters. The minimum absolute atomic E-state index is 0.273. The third-order valence-corrected chi connectivity index (χ3v) is 3.65. The molecule has 4 heteroatoms. The van der Waals surface area contributed by atoms with Gasteiger partial charge in [0.1, 0.15) is 5.82 Å². The maximum atomic E-state index is 13.1. The van der Waals surface area contributed by atoms with Gasteiger partial charge in [-0.25, -0.2) is 4.39 Å². The lowest BCUT2D eigenvalue weighted by Crippen LogP contribution is -2.22. The summed E-state index contributed by atoms with van der Waals surface area (Å²) in [6.07, 6.45) is 1.24. The molecule has 0 aromatic heterocycles. The quantitative estimate of drug-likeness (QED) is 0.836. The highest BCUT2D eigenvalue weighted by atomic mass is 79.9. The molecule has 0 radical (unpaired) electrons. The lowest BCUT2D eigenvalue weighted by atomic mass is 9.82. The van der Waals surface area contributed by atoms with Gasteiger partial charge in [-0.2, -0.15) is 5.26 Å². The van der Waals surface area contributed by atoms with Gasteiger partial charge in [0.2, 0.25) is 0 Å². The van der Waals surface area contributed by atoms with E-state index < -0.39 is 5.41 Å². The van der Waals surface area contributed by atoms with Crippen LogP contribution in [0.2, 0.25) is 0 Å². The van der Waals surface area contributed by atoms with Gasteiger partial charge in [-0.1, -0.05) is 15.9 Å². The molecule has 1 atom stereocenters. The number of nitrogens with zero attached hydrogens (tertiary/aromatic N) is 1. The summed E-state index contributed by atoms with van der Waals surface area (Å²) in [7, 11) is 0. The molecule has 1 fully saturated rings. The van der Waals surface area contributed by atoms with Crippen molar-refractivity contribution in [1.82, 2.24) is 0 Å². The highest BCUT2D eigenvalue weighted by Gasteiger charge is 2.35. The van der Waals surface area contributed by atoms with Gasteiger partial charge >= 0.3 is 0 Å². The number of hydrogen-bond donors (Lipinski definition) is 0. The van der Waals surface area contributed by atoms with Crippen LogP contribution in [-0.4, -0.2) is 13.2 Å². The Morgan fingerprint density at radius 1 is 1.56 bits per heavy atom. The van der Waals surface area contributed by atoms with Crippen LogP contribution in [0.3, 0.4) is 0 Å². The van der Waals surface area contributed by atoms with Crippen LogP contribution < -0.4 is 0 Å². The van der Waals surface area contributed by atoms with E-state index in [4.69, 9.17) is 4.74 Å². The molecule has 0 amide bonds. The topological polar surface area (TPSA) is 33.0 Å². The highest BCUT2D eigenvalue weighted by Crippen LogP contribution is 2.34. The molecule has 1 saturated heterocycles. The molecule has 84 valence electrons. The minimum Gasteiger partial charge on any atom is -0.380 e. The maximum Gasteiger partial charge on any atom is 0.123 e. The standard InChI is InChI=1S/C12H11BrFNO/c13-11-2-1-10(14)5-9(11)6-12(7-15)3-4-16-8-12/h1-2,5H,3-4,6,8H2. The molecule has 2 nitrogen and oxygen atoms in total. The van der Waals surface area contributed by atoms with Gasteiger partial charge in [-0.15, -0.1) is 0 Å². The predicted octanol–water partition coefficient (Wildman–Crippen LogP) is 3.06. The summed E-state index contributed by atoms with van der Waals surface area (Å²) >= 11 is 3.37. The van der Waals surface area contributed by atoms with Gasteiger partial charge in [-0.3, -0.25) is 0 Å². The van der Waals surface area contributed by atoms with Crippen LogP contribution in [0.5, 0.6) is 0 Å². The average molecular weight is 284 g/mol. The second-order valence-electron chi connectivity index (χ2n) is 4.11. The Morgan fingerprint density at radius 2 is 2.38 bits per heavy atom. The molecule has 0 bridgehead atoms. The van der Waals surface area contributed by atoms with Gasteiger partial charge in [0.05, 0.1) is 18.1 Å². The van der Waals surface area contributed by atoms with E-state index in [1.165, 1.54) is 12.1 Å². The summed E-state index contributed by atoms with van der Waals surface area (Å²) in [5.74, 6) is -0.273. The van der Waals surface area contributed by atoms with Crippen molar-refractivity contribution in [3.8, 4) is 6.07 Å². The Hall–Kier alpha value is -0.920. The fraction of sp³-hybridized carbons (Fsp3) is 0.417. The third-order valence-electron chi connectivity index (χ3n) is 2.88. The zero-order valence-corrected chi connectivity index (χ0v) is 10.3. The van der Waals surface area contributed by atoms with E-state index in [0.717, 1.165) is 10.0 Å². The van der Waals surface area contributed by atoms with Gasteiger partial charge in [0.25, 0.3) is 0 Å². The van der Waals surface area contributed by atoms with E-state index in [1.807, 2.05) is 0 Å². The molecule has 2 rings (SSSR count). The normalized spacial score (nSPS) is 24.3.